The van der Waals surface area contributed by atoms with Crippen LogP contribution in [0.15, 0.2) is 41.8 Å². The summed E-state index contributed by atoms with van der Waals surface area (Å²) in [6, 6.07) is 9.06. The van der Waals surface area contributed by atoms with E-state index in [2.05, 4.69) is 36.2 Å². The van der Waals surface area contributed by atoms with Gasteiger partial charge in [0.15, 0.2) is 0 Å². The minimum Gasteiger partial charge on any atom is -0.313 e. The Morgan fingerprint density at radius 2 is 2.36 bits per heavy atom. The van der Waals surface area contributed by atoms with Crippen LogP contribution in [0, 0.1) is 0 Å². The standard InChI is InChI=1S/C12H15NS/c1-3-10(13-2)12-8-9-6-4-5-7-11(9)14-12/h3-7,10,12-13H,1,8H2,2H3. The lowest BCUT2D eigenvalue weighted by atomic mass is 10.1. The molecule has 1 aliphatic heterocycles. The van der Waals surface area contributed by atoms with Gasteiger partial charge in [0, 0.05) is 16.2 Å². The van der Waals surface area contributed by atoms with E-state index in [-0.39, 0.29) is 0 Å². The molecule has 1 aromatic rings. The number of thioether (sulfide) groups is 1. The summed E-state index contributed by atoms with van der Waals surface area (Å²) >= 11 is 1.96. The summed E-state index contributed by atoms with van der Waals surface area (Å²) in [6.07, 6.45) is 3.15. The van der Waals surface area contributed by atoms with Crippen LogP contribution in [0.25, 0.3) is 0 Å². The first kappa shape index (κ1) is 9.81. The average molecular weight is 205 g/mol. The van der Waals surface area contributed by atoms with Gasteiger partial charge in [-0.05, 0) is 25.1 Å². The Hall–Kier alpha value is -0.730. The van der Waals surface area contributed by atoms with Crippen molar-refractivity contribution in [3.8, 4) is 0 Å². The third kappa shape index (κ3) is 1.72. The first-order valence-electron chi connectivity index (χ1n) is 4.89. The van der Waals surface area contributed by atoms with Crippen LogP contribution in [0.3, 0.4) is 0 Å². The van der Waals surface area contributed by atoms with E-state index in [0.717, 1.165) is 6.42 Å². The van der Waals surface area contributed by atoms with Crippen LogP contribution in [0.4, 0.5) is 0 Å². The van der Waals surface area contributed by atoms with Crippen molar-refractivity contribution in [2.45, 2.75) is 22.6 Å². The number of rotatable bonds is 3. The summed E-state index contributed by atoms with van der Waals surface area (Å²) in [6.45, 7) is 3.86. The van der Waals surface area contributed by atoms with Gasteiger partial charge in [0.25, 0.3) is 0 Å². The van der Waals surface area contributed by atoms with E-state index >= 15 is 0 Å². The molecular formula is C12H15NS. The molecule has 1 N–H and O–H groups in total. The van der Waals surface area contributed by atoms with Gasteiger partial charge >= 0.3 is 0 Å². The number of fused-ring (bicyclic) bond motifs is 1. The second kappa shape index (κ2) is 4.20. The van der Waals surface area contributed by atoms with Crippen molar-refractivity contribution in [2.24, 2.45) is 0 Å². The molecule has 0 aliphatic carbocycles. The highest BCUT2D eigenvalue weighted by Crippen LogP contribution is 2.38. The Morgan fingerprint density at radius 3 is 3.00 bits per heavy atom. The summed E-state index contributed by atoms with van der Waals surface area (Å²) in [4.78, 5) is 1.43. The molecule has 0 radical (unpaired) electrons. The third-order valence-electron chi connectivity index (χ3n) is 2.66. The molecule has 2 atom stereocenters. The number of hydrogen-bond donors (Lipinski definition) is 1. The van der Waals surface area contributed by atoms with Crippen LogP contribution < -0.4 is 5.32 Å². The highest BCUT2D eigenvalue weighted by Gasteiger charge is 2.26. The summed E-state index contributed by atoms with van der Waals surface area (Å²) < 4.78 is 0. The van der Waals surface area contributed by atoms with Crippen LogP contribution in [-0.4, -0.2) is 18.3 Å². The van der Waals surface area contributed by atoms with E-state index in [9.17, 15) is 0 Å². The molecule has 1 nitrogen and oxygen atoms in total. The fraction of sp³-hybridized carbons (Fsp3) is 0.333. The molecule has 0 saturated carbocycles. The number of hydrogen-bond acceptors (Lipinski definition) is 2. The number of likely N-dealkylation sites (N-methyl/N-ethyl adjacent to an activating group) is 1. The molecule has 0 amide bonds. The predicted molar refractivity (Wildman–Crippen MR) is 62.8 cm³/mol. The van der Waals surface area contributed by atoms with Crippen molar-refractivity contribution in [1.29, 1.82) is 0 Å². The summed E-state index contributed by atoms with van der Waals surface area (Å²) in [7, 11) is 2.00. The van der Waals surface area contributed by atoms with E-state index in [0.29, 0.717) is 11.3 Å². The van der Waals surface area contributed by atoms with E-state index in [1.54, 1.807) is 0 Å². The van der Waals surface area contributed by atoms with Crippen LogP contribution in [-0.2, 0) is 6.42 Å². The largest absolute Gasteiger partial charge is 0.313 e. The molecule has 0 fully saturated rings. The predicted octanol–water partition coefficient (Wildman–Crippen LogP) is 2.48. The second-order valence-corrected chi connectivity index (χ2v) is 4.80. The first-order valence-corrected chi connectivity index (χ1v) is 5.77. The lowest BCUT2D eigenvalue weighted by molar-refractivity contribution is 0.636. The van der Waals surface area contributed by atoms with Crippen molar-refractivity contribution < 1.29 is 0 Å². The molecule has 0 spiro atoms. The molecule has 1 aliphatic rings. The molecule has 2 unspecified atom stereocenters. The lowest BCUT2D eigenvalue weighted by Gasteiger charge is -2.17. The molecule has 2 rings (SSSR count). The van der Waals surface area contributed by atoms with Crippen molar-refractivity contribution in [3.63, 3.8) is 0 Å². The highest BCUT2D eigenvalue weighted by atomic mass is 32.2. The maximum atomic E-state index is 3.86. The Labute approximate surface area is 89.6 Å². The Kier molecular flexibility index (Phi) is 2.94. The van der Waals surface area contributed by atoms with Crippen molar-refractivity contribution >= 4 is 11.8 Å². The Bertz CT molecular complexity index is 310. The summed E-state index contributed by atoms with van der Waals surface area (Å²) in [5, 5.41) is 3.90. The van der Waals surface area contributed by atoms with Crippen LogP contribution in [0.5, 0.6) is 0 Å². The van der Waals surface area contributed by atoms with E-state index in [1.165, 1.54) is 10.5 Å². The molecule has 1 aromatic carbocycles. The van der Waals surface area contributed by atoms with Crippen LogP contribution in [0.1, 0.15) is 5.56 Å². The van der Waals surface area contributed by atoms with E-state index in [4.69, 9.17) is 0 Å². The fourth-order valence-corrected chi connectivity index (χ4v) is 3.31. The van der Waals surface area contributed by atoms with Crippen molar-refractivity contribution in [1.82, 2.24) is 5.32 Å². The van der Waals surface area contributed by atoms with Gasteiger partial charge in [-0.3, -0.25) is 0 Å². The Morgan fingerprint density at radius 1 is 1.57 bits per heavy atom. The SMILES string of the molecule is C=CC(NC)C1Cc2ccccc2S1. The molecule has 0 saturated heterocycles. The molecule has 1 heterocycles. The molecule has 0 aromatic heterocycles. The van der Waals surface area contributed by atoms with E-state index < -0.39 is 0 Å². The van der Waals surface area contributed by atoms with Gasteiger partial charge in [-0.2, -0.15) is 0 Å². The average Bonchev–Trinajstić information content (AvgIpc) is 2.63. The zero-order valence-electron chi connectivity index (χ0n) is 8.36. The first-order chi connectivity index (χ1) is 6.85. The molecule has 0 bridgehead atoms. The second-order valence-electron chi connectivity index (χ2n) is 3.52. The monoisotopic (exact) mass is 205 g/mol. The van der Waals surface area contributed by atoms with Crippen molar-refractivity contribution in [2.75, 3.05) is 7.05 Å². The van der Waals surface area contributed by atoms with Gasteiger partial charge in [0.05, 0.1) is 0 Å². The molecule has 14 heavy (non-hydrogen) atoms. The Balaban J connectivity index is 2.14. The smallest absolute Gasteiger partial charge is 0.0371 e. The topological polar surface area (TPSA) is 12.0 Å². The van der Waals surface area contributed by atoms with Gasteiger partial charge in [-0.1, -0.05) is 24.3 Å². The molecule has 2 heteroatoms. The fourth-order valence-electron chi connectivity index (χ4n) is 1.86. The van der Waals surface area contributed by atoms with Crippen LogP contribution in [0.2, 0.25) is 0 Å². The van der Waals surface area contributed by atoms with E-state index in [1.807, 2.05) is 24.9 Å². The maximum Gasteiger partial charge on any atom is 0.0371 e. The normalized spacial score (nSPS) is 21.6. The quantitative estimate of drug-likeness (QED) is 0.761. The minimum absolute atomic E-state index is 0.410. The van der Waals surface area contributed by atoms with Gasteiger partial charge in [-0.15, -0.1) is 18.3 Å². The van der Waals surface area contributed by atoms with Gasteiger partial charge < -0.3 is 5.32 Å². The summed E-state index contributed by atoms with van der Waals surface area (Å²) in [5.74, 6) is 0. The maximum absolute atomic E-state index is 3.86. The van der Waals surface area contributed by atoms with Gasteiger partial charge in [0.2, 0.25) is 0 Å². The molecular weight excluding hydrogens is 190 g/mol. The zero-order chi connectivity index (χ0) is 9.97. The van der Waals surface area contributed by atoms with Crippen LogP contribution >= 0.6 is 11.8 Å². The lowest BCUT2D eigenvalue weighted by Crippen LogP contribution is -2.33. The number of benzene rings is 1. The third-order valence-corrected chi connectivity index (χ3v) is 4.07. The molecule has 74 valence electrons. The zero-order valence-corrected chi connectivity index (χ0v) is 9.18. The van der Waals surface area contributed by atoms with Gasteiger partial charge in [-0.25, -0.2) is 0 Å². The number of nitrogens with one attached hydrogen (secondary N) is 1. The van der Waals surface area contributed by atoms with Crippen molar-refractivity contribution in [3.05, 3.63) is 42.5 Å². The highest BCUT2D eigenvalue weighted by molar-refractivity contribution is 8.00. The van der Waals surface area contributed by atoms with Gasteiger partial charge in [0.1, 0.15) is 0 Å². The summed E-state index contributed by atoms with van der Waals surface area (Å²) in [5.41, 5.74) is 1.48. The minimum atomic E-state index is 0.410.